The topological polar surface area (TPSA) is 32.5 Å². The van der Waals surface area contributed by atoms with Crippen molar-refractivity contribution in [3.05, 3.63) is 29.8 Å². The van der Waals surface area contributed by atoms with Gasteiger partial charge in [-0.3, -0.25) is 4.90 Å². The normalized spacial score (nSPS) is 19.9. The van der Waals surface area contributed by atoms with Gasteiger partial charge in [0.1, 0.15) is 0 Å². The molecule has 1 heterocycles. The Morgan fingerprint density at radius 2 is 1.60 bits per heavy atom. The minimum Gasteiger partial charge on any atom is -0.369 e. The third-order valence-corrected chi connectivity index (χ3v) is 4.65. The van der Waals surface area contributed by atoms with Crippen molar-refractivity contribution in [1.29, 1.82) is 0 Å². The van der Waals surface area contributed by atoms with Crippen LogP contribution in [0, 0.1) is 0 Å². The van der Waals surface area contributed by atoms with Crippen LogP contribution in [0.4, 0.5) is 5.69 Å². The first kappa shape index (κ1) is 15.3. The fourth-order valence-corrected chi connectivity index (χ4v) is 2.85. The molecular formula is C17H29N3. The maximum Gasteiger partial charge on any atom is 0.0367 e. The molecule has 1 fully saturated rings. The Bertz CT molecular complexity index is 393. The van der Waals surface area contributed by atoms with Gasteiger partial charge in [-0.2, -0.15) is 0 Å². The van der Waals surface area contributed by atoms with Gasteiger partial charge in [-0.15, -0.1) is 0 Å². The van der Waals surface area contributed by atoms with Crippen molar-refractivity contribution in [2.45, 2.75) is 45.7 Å². The second-order valence-electron chi connectivity index (χ2n) is 5.89. The highest BCUT2D eigenvalue weighted by Gasteiger charge is 2.20. The van der Waals surface area contributed by atoms with Crippen LogP contribution < -0.4 is 10.6 Å². The minimum absolute atomic E-state index is 0.173. The fourth-order valence-electron chi connectivity index (χ4n) is 2.85. The van der Waals surface area contributed by atoms with Crippen molar-refractivity contribution in [1.82, 2.24) is 4.90 Å². The maximum atomic E-state index is 6.07. The van der Waals surface area contributed by atoms with Crippen molar-refractivity contribution in [3.8, 4) is 0 Å². The van der Waals surface area contributed by atoms with E-state index in [2.05, 4.69) is 54.8 Å². The summed E-state index contributed by atoms with van der Waals surface area (Å²) in [4.78, 5) is 5.08. The van der Waals surface area contributed by atoms with Crippen molar-refractivity contribution < 1.29 is 0 Å². The van der Waals surface area contributed by atoms with Gasteiger partial charge in [-0.05, 0) is 37.5 Å². The van der Waals surface area contributed by atoms with E-state index < -0.39 is 0 Å². The van der Waals surface area contributed by atoms with Crippen LogP contribution in [0.3, 0.4) is 0 Å². The molecule has 2 rings (SSSR count). The van der Waals surface area contributed by atoms with E-state index in [4.69, 9.17) is 5.73 Å². The number of benzene rings is 1. The van der Waals surface area contributed by atoms with Gasteiger partial charge in [0.05, 0.1) is 0 Å². The molecule has 0 amide bonds. The van der Waals surface area contributed by atoms with Crippen LogP contribution in [0.2, 0.25) is 0 Å². The smallest absolute Gasteiger partial charge is 0.0367 e. The van der Waals surface area contributed by atoms with E-state index in [1.165, 1.54) is 30.8 Å². The molecule has 2 N–H and O–H groups in total. The first-order valence-electron chi connectivity index (χ1n) is 8.00. The molecule has 0 spiro atoms. The Morgan fingerprint density at radius 3 is 2.10 bits per heavy atom. The van der Waals surface area contributed by atoms with Crippen LogP contribution in [0.15, 0.2) is 24.3 Å². The fraction of sp³-hybridized carbons (Fsp3) is 0.647. The average molecular weight is 275 g/mol. The molecule has 3 heteroatoms. The first-order valence-corrected chi connectivity index (χ1v) is 8.00. The van der Waals surface area contributed by atoms with Gasteiger partial charge in [0.2, 0.25) is 0 Å². The molecule has 1 saturated heterocycles. The summed E-state index contributed by atoms with van der Waals surface area (Å²) in [6, 6.07) is 9.70. The lowest BCUT2D eigenvalue weighted by Gasteiger charge is -2.39. The molecule has 2 atom stereocenters. The van der Waals surface area contributed by atoms with Crippen molar-refractivity contribution in [2.75, 3.05) is 31.1 Å². The molecule has 1 unspecified atom stereocenters. The SMILES string of the molecule is CCC(C)N1CCN(c2ccc([C@H](N)CC)cc2)CC1. The van der Waals surface area contributed by atoms with Crippen LogP contribution in [-0.2, 0) is 0 Å². The van der Waals surface area contributed by atoms with Crippen LogP contribution in [-0.4, -0.2) is 37.1 Å². The molecule has 0 saturated carbocycles. The number of anilines is 1. The summed E-state index contributed by atoms with van der Waals surface area (Å²) in [5, 5.41) is 0. The lowest BCUT2D eigenvalue weighted by Crippen LogP contribution is -2.49. The van der Waals surface area contributed by atoms with Gasteiger partial charge in [0.15, 0.2) is 0 Å². The Morgan fingerprint density at radius 1 is 1.00 bits per heavy atom. The van der Waals surface area contributed by atoms with Gasteiger partial charge in [0.25, 0.3) is 0 Å². The average Bonchev–Trinajstić information content (AvgIpc) is 2.53. The Kier molecular flexibility index (Phi) is 5.44. The molecule has 0 aromatic heterocycles. The summed E-state index contributed by atoms with van der Waals surface area (Å²) in [5.74, 6) is 0. The van der Waals surface area contributed by atoms with E-state index in [-0.39, 0.29) is 6.04 Å². The van der Waals surface area contributed by atoms with Crippen LogP contribution in [0.1, 0.15) is 45.2 Å². The zero-order valence-corrected chi connectivity index (χ0v) is 13.2. The van der Waals surface area contributed by atoms with Crippen LogP contribution in [0.5, 0.6) is 0 Å². The van der Waals surface area contributed by atoms with Crippen molar-refractivity contribution in [3.63, 3.8) is 0 Å². The summed E-state index contributed by atoms with van der Waals surface area (Å²) < 4.78 is 0. The predicted molar refractivity (Wildman–Crippen MR) is 87.2 cm³/mol. The third kappa shape index (κ3) is 3.53. The molecule has 1 aromatic carbocycles. The van der Waals surface area contributed by atoms with Crippen LogP contribution >= 0.6 is 0 Å². The van der Waals surface area contributed by atoms with Crippen molar-refractivity contribution in [2.24, 2.45) is 5.73 Å². The van der Waals surface area contributed by atoms with Crippen molar-refractivity contribution >= 4 is 5.69 Å². The molecule has 1 aromatic rings. The summed E-state index contributed by atoms with van der Waals surface area (Å²) in [6.45, 7) is 11.3. The molecule has 0 radical (unpaired) electrons. The highest BCUT2D eigenvalue weighted by molar-refractivity contribution is 5.48. The van der Waals surface area contributed by atoms with Gasteiger partial charge in [-0.1, -0.05) is 26.0 Å². The number of rotatable bonds is 5. The third-order valence-electron chi connectivity index (χ3n) is 4.65. The Labute approximate surface area is 123 Å². The van der Waals surface area contributed by atoms with E-state index in [1.54, 1.807) is 0 Å². The Hall–Kier alpha value is -1.06. The molecule has 20 heavy (non-hydrogen) atoms. The lowest BCUT2D eigenvalue weighted by atomic mass is 10.0. The summed E-state index contributed by atoms with van der Waals surface area (Å²) in [5.41, 5.74) is 8.65. The van der Waals surface area contributed by atoms with Gasteiger partial charge in [0, 0.05) is 44.0 Å². The summed E-state index contributed by atoms with van der Waals surface area (Å²) >= 11 is 0. The van der Waals surface area contributed by atoms with Crippen LogP contribution in [0.25, 0.3) is 0 Å². The summed E-state index contributed by atoms with van der Waals surface area (Å²) in [7, 11) is 0. The standard InChI is InChI=1S/C17H29N3/c1-4-14(3)19-10-12-20(13-11-19)16-8-6-15(7-9-16)17(18)5-2/h6-9,14,17H,4-5,10-13,18H2,1-3H3/t14?,17-/m1/s1. The molecule has 3 nitrogen and oxygen atoms in total. The maximum absolute atomic E-state index is 6.07. The van der Waals surface area contributed by atoms with Gasteiger partial charge in [-0.25, -0.2) is 0 Å². The largest absolute Gasteiger partial charge is 0.369 e. The Balaban J connectivity index is 1.93. The van der Waals surface area contributed by atoms with E-state index in [0.29, 0.717) is 6.04 Å². The molecule has 1 aliphatic rings. The number of piperazine rings is 1. The zero-order valence-electron chi connectivity index (χ0n) is 13.2. The number of hydrogen-bond donors (Lipinski definition) is 1. The lowest BCUT2D eigenvalue weighted by molar-refractivity contribution is 0.193. The molecular weight excluding hydrogens is 246 g/mol. The van der Waals surface area contributed by atoms with Gasteiger partial charge >= 0.3 is 0 Å². The number of nitrogens with two attached hydrogens (primary N) is 1. The minimum atomic E-state index is 0.173. The molecule has 112 valence electrons. The zero-order chi connectivity index (χ0) is 14.5. The number of nitrogens with zero attached hydrogens (tertiary/aromatic N) is 2. The highest BCUT2D eigenvalue weighted by Crippen LogP contribution is 2.21. The molecule has 0 aliphatic carbocycles. The second-order valence-corrected chi connectivity index (χ2v) is 5.89. The summed E-state index contributed by atoms with van der Waals surface area (Å²) in [6.07, 6.45) is 2.23. The first-order chi connectivity index (χ1) is 9.65. The van der Waals surface area contributed by atoms with E-state index in [0.717, 1.165) is 19.5 Å². The number of hydrogen-bond acceptors (Lipinski definition) is 3. The predicted octanol–water partition coefficient (Wildman–Crippen LogP) is 3.02. The van der Waals surface area contributed by atoms with Gasteiger partial charge < -0.3 is 10.6 Å². The second kappa shape index (κ2) is 7.09. The van der Waals surface area contributed by atoms with E-state index in [1.807, 2.05) is 0 Å². The highest BCUT2D eigenvalue weighted by atomic mass is 15.3. The molecule has 1 aliphatic heterocycles. The molecule has 0 bridgehead atoms. The quantitative estimate of drug-likeness (QED) is 0.896. The van der Waals surface area contributed by atoms with E-state index in [9.17, 15) is 0 Å². The van der Waals surface area contributed by atoms with E-state index >= 15 is 0 Å². The monoisotopic (exact) mass is 275 g/mol.